The largest absolute Gasteiger partial charge is 0.303 e. The molecule has 0 amide bonds. The first kappa shape index (κ1) is 13.8. The Bertz CT molecular complexity index is 279. The Morgan fingerprint density at radius 3 is 2.00 bits per heavy atom. The van der Waals surface area contributed by atoms with Gasteiger partial charge in [0.25, 0.3) is 0 Å². The van der Waals surface area contributed by atoms with Crippen molar-refractivity contribution in [2.45, 2.75) is 70.6 Å². The summed E-state index contributed by atoms with van der Waals surface area (Å²) >= 11 is 0. The van der Waals surface area contributed by atoms with Crippen LogP contribution in [-0.2, 0) is 9.59 Å². The predicted octanol–water partition coefficient (Wildman–Crippen LogP) is 3.92. The highest BCUT2D eigenvalue weighted by Crippen LogP contribution is 2.48. The monoisotopic (exact) mass is 250 g/mol. The lowest BCUT2D eigenvalue weighted by Gasteiger charge is -2.39. The van der Waals surface area contributed by atoms with Gasteiger partial charge in [-0.1, -0.05) is 44.9 Å². The Labute approximate surface area is 111 Å². The van der Waals surface area contributed by atoms with Crippen LogP contribution >= 0.6 is 0 Å². The van der Waals surface area contributed by atoms with Gasteiger partial charge < -0.3 is 9.59 Å². The molecule has 2 rings (SSSR count). The van der Waals surface area contributed by atoms with Gasteiger partial charge in [0.05, 0.1) is 0 Å². The minimum absolute atomic E-state index is 0.0133. The Morgan fingerprint density at radius 1 is 0.778 bits per heavy atom. The summed E-state index contributed by atoms with van der Waals surface area (Å²) in [5.74, 6) is 0.450. The molecule has 2 heteroatoms. The molecule has 0 radical (unpaired) electrons. The van der Waals surface area contributed by atoms with Gasteiger partial charge >= 0.3 is 0 Å². The Hall–Kier alpha value is -0.660. The van der Waals surface area contributed by atoms with Crippen molar-refractivity contribution in [3.8, 4) is 0 Å². The number of carbonyl (C=O) groups is 2. The predicted molar refractivity (Wildman–Crippen MR) is 72.3 cm³/mol. The van der Waals surface area contributed by atoms with Gasteiger partial charge in [-0.25, -0.2) is 0 Å². The summed E-state index contributed by atoms with van der Waals surface area (Å²) in [5.41, 5.74) is -0.317. The molecule has 2 saturated carbocycles. The zero-order valence-corrected chi connectivity index (χ0v) is 11.4. The molecule has 2 aliphatic rings. The number of hydrogen-bond donors (Lipinski definition) is 0. The zero-order chi connectivity index (χ0) is 12.8. The zero-order valence-electron chi connectivity index (χ0n) is 11.4. The lowest BCUT2D eigenvalue weighted by molar-refractivity contribution is -0.131. The highest BCUT2D eigenvalue weighted by molar-refractivity contribution is 5.69. The molecule has 0 aromatic carbocycles. The minimum Gasteiger partial charge on any atom is -0.303 e. The van der Waals surface area contributed by atoms with Crippen molar-refractivity contribution in [1.29, 1.82) is 0 Å². The van der Waals surface area contributed by atoms with Crippen molar-refractivity contribution in [1.82, 2.24) is 0 Å². The van der Waals surface area contributed by atoms with Crippen LogP contribution in [0.15, 0.2) is 0 Å². The molecular weight excluding hydrogens is 224 g/mol. The molecule has 0 saturated heterocycles. The topological polar surface area (TPSA) is 34.1 Å². The lowest BCUT2D eigenvalue weighted by Crippen LogP contribution is -2.40. The van der Waals surface area contributed by atoms with E-state index in [2.05, 4.69) is 0 Å². The first-order valence-corrected chi connectivity index (χ1v) is 7.75. The minimum atomic E-state index is -0.317. The maximum atomic E-state index is 11.9. The highest BCUT2D eigenvalue weighted by atomic mass is 16.1. The van der Waals surface area contributed by atoms with Gasteiger partial charge in [-0.05, 0) is 31.6 Å². The van der Waals surface area contributed by atoms with Crippen molar-refractivity contribution in [3.05, 3.63) is 0 Å². The Kier molecular flexibility index (Phi) is 4.96. The van der Waals surface area contributed by atoms with Gasteiger partial charge in [-0.3, -0.25) is 0 Å². The maximum absolute atomic E-state index is 11.9. The van der Waals surface area contributed by atoms with E-state index in [4.69, 9.17) is 0 Å². The number of hydrogen-bond acceptors (Lipinski definition) is 2. The maximum Gasteiger partial charge on any atom is 0.127 e. The van der Waals surface area contributed by atoms with E-state index < -0.39 is 0 Å². The van der Waals surface area contributed by atoms with E-state index in [0.717, 1.165) is 44.8 Å². The third-order valence-electron chi connectivity index (χ3n) is 5.31. The Morgan fingerprint density at radius 2 is 1.39 bits per heavy atom. The molecule has 0 aliphatic heterocycles. The van der Waals surface area contributed by atoms with Crippen LogP contribution in [0.2, 0.25) is 0 Å². The molecule has 102 valence electrons. The standard InChI is InChI=1S/C16H26O2/c17-12-15-10-6-3-7-11-16(15,13-18)14-8-4-1-2-5-9-14/h12-15H,1-11H2. The normalized spacial score (nSPS) is 35.4. The fourth-order valence-electron chi connectivity index (χ4n) is 4.19. The van der Waals surface area contributed by atoms with Gasteiger partial charge in [0, 0.05) is 11.3 Å². The fourth-order valence-corrected chi connectivity index (χ4v) is 4.19. The van der Waals surface area contributed by atoms with Gasteiger partial charge in [0.15, 0.2) is 0 Å². The van der Waals surface area contributed by atoms with Crippen LogP contribution in [0.3, 0.4) is 0 Å². The molecule has 0 aromatic rings. The molecule has 0 bridgehead atoms. The summed E-state index contributed by atoms with van der Waals surface area (Å²) in [6.45, 7) is 0. The summed E-state index contributed by atoms with van der Waals surface area (Å²) in [4.78, 5) is 23.3. The molecular formula is C16H26O2. The SMILES string of the molecule is O=CC1CCCCCC1(C=O)C1CCCCCC1. The quantitative estimate of drug-likeness (QED) is 0.562. The van der Waals surface area contributed by atoms with Crippen LogP contribution < -0.4 is 0 Å². The second-order valence-electron chi connectivity index (χ2n) is 6.26. The third-order valence-corrected chi connectivity index (χ3v) is 5.31. The fraction of sp³-hybridized carbons (Fsp3) is 0.875. The van der Waals surface area contributed by atoms with Crippen LogP contribution in [0.4, 0.5) is 0 Å². The van der Waals surface area contributed by atoms with E-state index in [0.29, 0.717) is 5.92 Å². The molecule has 0 heterocycles. The van der Waals surface area contributed by atoms with Crippen molar-refractivity contribution in [3.63, 3.8) is 0 Å². The third kappa shape index (κ3) is 2.67. The van der Waals surface area contributed by atoms with Crippen LogP contribution in [0, 0.1) is 17.3 Å². The van der Waals surface area contributed by atoms with Gasteiger partial charge in [0.1, 0.15) is 12.6 Å². The summed E-state index contributed by atoms with van der Waals surface area (Å²) in [5, 5.41) is 0. The number of carbonyl (C=O) groups excluding carboxylic acids is 2. The molecule has 2 unspecified atom stereocenters. The molecule has 2 nitrogen and oxygen atoms in total. The Balaban J connectivity index is 2.23. The van der Waals surface area contributed by atoms with E-state index in [1.165, 1.54) is 38.4 Å². The molecule has 0 spiro atoms. The summed E-state index contributed by atoms with van der Waals surface area (Å²) in [7, 11) is 0. The molecule has 18 heavy (non-hydrogen) atoms. The summed E-state index contributed by atoms with van der Waals surface area (Å²) < 4.78 is 0. The van der Waals surface area contributed by atoms with E-state index in [-0.39, 0.29) is 11.3 Å². The number of aldehydes is 2. The van der Waals surface area contributed by atoms with Crippen molar-refractivity contribution in [2.24, 2.45) is 17.3 Å². The van der Waals surface area contributed by atoms with E-state index in [1.54, 1.807) is 0 Å². The van der Waals surface area contributed by atoms with Crippen LogP contribution in [0.5, 0.6) is 0 Å². The van der Waals surface area contributed by atoms with Gasteiger partial charge in [-0.15, -0.1) is 0 Å². The second kappa shape index (κ2) is 6.49. The molecule has 2 atom stereocenters. The van der Waals surface area contributed by atoms with Crippen molar-refractivity contribution in [2.75, 3.05) is 0 Å². The average molecular weight is 250 g/mol. The molecule has 2 aliphatic carbocycles. The van der Waals surface area contributed by atoms with E-state index in [1.807, 2.05) is 0 Å². The first-order chi connectivity index (χ1) is 8.83. The van der Waals surface area contributed by atoms with Crippen molar-refractivity contribution >= 4 is 12.6 Å². The average Bonchev–Trinajstić information content (AvgIpc) is 2.79. The highest BCUT2D eigenvalue weighted by Gasteiger charge is 2.45. The molecule has 2 fully saturated rings. The first-order valence-electron chi connectivity index (χ1n) is 7.75. The molecule has 0 aromatic heterocycles. The van der Waals surface area contributed by atoms with Crippen LogP contribution in [0.25, 0.3) is 0 Å². The summed E-state index contributed by atoms with van der Waals surface area (Å²) in [6, 6.07) is 0. The van der Waals surface area contributed by atoms with Crippen molar-refractivity contribution < 1.29 is 9.59 Å². The van der Waals surface area contributed by atoms with Crippen LogP contribution in [-0.4, -0.2) is 12.6 Å². The number of rotatable bonds is 3. The van der Waals surface area contributed by atoms with Gasteiger partial charge in [-0.2, -0.15) is 0 Å². The van der Waals surface area contributed by atoms with E-state index >= 15 is 0 Å². The second-order valence-corrected chi connectivity index (χ2v) is 6.26. The lowest BCUT2D eigenvalue weighted by atomic mass is 9.63. The van der Waals surface area contributed by atoms with Crippen LogP contribution in [0.1, 0.15) is 70.6 Å². The van der Waals surface area contributed by atoms with E-state index in [9.17, 15) is 9.59 Å². The summed E-state index contributed by atoms with van der Waals surface area (Å²) in [6.07, 6.45) is 15.0. The van der Waals surface area contributed by atoms with Gasteiger partial charge in [0.2, 0.25) is 0 Å². The smallest absolute Gasteiger partial charge is 0.127 e. The molecule has 0 N–H and O–H groups in total.